The lowest BCUT2D eigenvalue weighted by Crippen LogP contribution is -1.98. The van der Waals surface area contributed by atoms with Gasteiger partial charge in [-0.05, 0) is 52.8 Å². The Bertz CT molecular complexity index is 828. The van der Waals surface area contributed by atoms with E-state index in [9.17, 15) is 0 Å². The second-order valence-corrected chi connectivity index (χ2v) is 6.41. The maximum absolute atomic E-state index is 4.62. The lowest BCUT2D eigenvalue weighted by atomic mass is 9.92. The molecule has 0 saturated heterocycles. The van der Waals surface area contributed by atoms with E-state index in [0.717, 1.165) is 23.9 Å². The van der Waals surface area contributed by atoms with Gasteiger partial charge in [0.25, 0.3) is 0 Å². The van der Waals surface area contributed by atoms with Crippen LogP contribution in [0.3, 0.4) is 0 Å². The maximum Gasteiger partial charge on any atom is 0.0707 e. The summed E-state index contributed by atoms with van der Waals surface area (Å²) in [6.45, 7) is 0. The molecule has 1 aromatic heterocycles. The summed E-state index contributed by atoms with van der Waals surface area (Å²) in [4.78, 5) is 4.62. The van der Waals surface area contributed by atoms with Gasteiger partial charge in [-0.2, -0.15) is 0 Å². The molecule has 0 amide bonds. The second-order valence-electron chi connectivity index (χ2n) is 5.61. The third-order valence-corrected chi connectivity index (χ3v) is 4.76. The number of hydrogen-bond acceptors (Lipinski definition) is 1. The van der Waals surface area contributed by atoms with Crippen molar-refractivity contribution in [3.63, 3.8) is 0 Å². The number of aromatic nitrogens is 1. The fourth-order valence-corrected chi connectivity index (χ4v) is 3.83. The van der Waals surface area contributed by atoms with Crippen molar-refractivity contribution in [2.45, 2.75) is 12.8 Å². The van der Waals surface area contributed by atoms with E-state index in [1.165, 1.54) is 33.4 Å². The Balaban J connectivity index is 0.00000156. The topological polar surface area (TPSA) is 12.9 Å². The lowest BCUT2D eigenvalue weighted by molar-refractivity contribution is 1.14. The van der Waals surface area contributed by atoms with Gasteiger partial charge < -0.3 is 0 Å². The third-order valence-electron chi connectivity index (χ3n) is 4.36. The van der Waals surface area contributed by atoms with Crippen LogP contribution in [0, 0.1) is 0 Å². The van der Waals surface area contributed by atoms with Gasteiger partial charge in [0, 0.05) is 17.1 Å². The van der Waals surface area contributed by atoms with Crippen LogP contribution in [0.2, 0.25) is 0 Å². The van der Waals surface area contributed by atoms with Crippen LogP contribution >= 0.6 is 32.9 Å². The van der Waals surface area contributed by atoms with E-state index in [2.05, 4.69) is 69.4 Å². The first-order chi connectivity index (χ1) is 10.9. The minimum atomic E-state index is 0. The van der Waals surface area contributed by atoms with E-state index in [0.29, 0.717) is 0 Å². The molecule has 0 saturated carbocycles. The van der Waals surface area contributed by atoms with E-state index in [4.69, 9.17) is 0 Å². The molecule has 1 nitrogen and oxygen atoms in total. The van der Waals surface area contributed by atoms with Crippen molar-refractivity contribution in [1.29, 1.82) is 0 Å². The molecule has 0 spiro atoms. The second kappa shape index (κ2) is 6.98. The maximum atomic E-state index is 4.62. The number of aryl methyl sites for hydroxylation is 1. The monoisotopic (exact) mass is 429 g/mol. The van der Waals surface area contributed by atoms with Crippen LogP contribution in [0.1, 0.15) is 16.7 Å². The molecule has 0 fully saturated rings. The number of pyridine rings is 1. The number of nitrogens with zero attached hydrogens (tertiary/aromatic N) is 1. The van der Waals surface area contributed by atoms with Gasteiger partial charge in [0.15, 0.2) is 0 Å². The fourth-order valence-electron chi connectivity index (χ4n) is 3.40. The number of halogens is 2. The highest BCUT2D eigenvalue weighted by Crippen LogP contribution is 2.42. The van der Waals surface area contributed by atoms with Crippen molar-refractivity contribution >= 4 is 32.9 Å². The summed E-state index contributed by atoms with van der Waals surface area (Å²) in [5.74, 6) is 0. The Morgan fingerprint density at radius 2 is 1.74 bits per heavy atom. The van der Waals surface area contributed by atoms with E-state index in [1.807, 2.05) is 12.3 Å². The average Bonchev–Trinajstić information content (AvgIpc) is 2.94. The first-order valence-electron chi connectivity index (χ1n) is 7.59. The molecule has 4 rings (SSSR count). The number of fused-ring (bicyclic) bond motifs is 3. The Labute approximate surface area is 155 Å². The summed E-state index contributed by atoms with van der Waals surface area (Å²) in [7, 11) is 0. The largest absolute Gasteiger partial charge is 0.256 e. The summed E-state index contributed by atoms with van der Waals surface area (Å²) < 4.78 is 0. The molecule has 0 aliphatic heterocycles. The van der Waals surface area contributed by atoms with Crippen LogP contribution < -0.4 is 0 Å². The van der Waals surface area contributed by atoms with E-state index in [-0.39, 0.29) is 17.0 Å². The summed E-state index contributed by atoms with van der Waals surface area (Å²) in [6.07, 6.45) is 3.91. The first-order valence-corrected chi connectivity index (χ1v) is 8.71. The van der Waals surface area contributed by atoms with Crippen molar-refractivity contribution in [1.82, 2.24) is 4.98 Å². The molecule has 1 heterocycles. The highest BCUT2D eigenvalue weighted by Gasteiger charge is 2.23. The fraction of sp³-hybridized carbons (Fsp3) is 0.150. The van der Waals surface area contributed by atoms with Gasteiger partial charge in [0.1, 0.15) is 0 Å². The smallest absolute Gasteiger partial charge is 0.0707 e. The Kier molecular flexibility index (Phi) is 4.98. The SMILES string of the molecule is Br.BrCCc1ccc2c(c1-c1ccccn1)Cc1ccccc1-2. The Morgan fingerprint density at radius 1 is 0.913 bits per heavy atom. The van der Waals surface area contributed by atoms with Crippen molar-refractivity contribution < 1.29 is 0 Å². The van der Waals surface area contributed by atoms with Crippen LogP contribution in [0.5, 0.6) is 0 Å². The molecule has 116 valence electrons. The Hall–Kier alpha value is -1.45. The van der Waals surface area contributed by atoms with Crippen LogP contribution in [0.15, 0.2) is 60.8 Å². The van der Waals surface area contributed by atoms with Gasteiger partial charge in [0.05, 0.1) is 5.69 Å². The zero-order valence-electron chi connectivity index (χ0n) is 12.6. The first kappa shape index (κ1) is 16.4. The van der Waals surface area contributed by atoms with Crippen molar-refractivity contribution in [2.75, 3.05) is 5.33 Å². The summed E-state index contributed by atoms with van der Waals surface area (Å²) in [6, 6.07) is 19.4. The van der Waals surface area contributed by atoms with Crippen molar-refractivity contribution in [3.8, 4) is 22.4 Å². The quantitative estimate of drug-likeness (QED) is 0.372. The molecule has 0 unspecified atom stereocenters. The molecule has 0 N–H and O–H groups in total. The van der Waals surface area contributed by atoms with Gasteiger partial charge in [-0.25, -0.2) is 0 Å². The van der Waals surface area contributed by atoms with E-state index in [1.54, 1.807) is 0 Å². The van der Waals surface area contributed by atoms with Crippen molar-refractivity contribution in [2.24, 2.45) is 0 Å². The van der Waals surface area contributed by atoms with Gasteiger partial charge >= 0.3 is 0 Å². The molecule has 0 bridgehead atoms. The predicted octanol–water partition coefficient (Wildman–Crippen LogP) is 5.84. The normalized spacial score (nSPS) is 11.5. The molecule has 1 aliphatic carbocycles. The summed E-state index contributed by atoms with van der Waals surface area (Å²) >= 11 is 3.58. The summed E-state index contributed by atoms with van der Waals surface area (Å²) in [5, 5.41) is 0.971. The lowest BCUT2D eigenvalue weighted by Gasteiger charge is -2.14. The minimum absolute atomic E-state index is 0. The molecular weight excluding hydrogens is 414 g/mol. The van der Waals surface area contributed by atoms with Gasteiger partial charge in [0.2, 0.25) is 0 Å². The molecule has 0 radical (unpaired) electrons. The molecule has 1 aliphatic rings. The molecule has 2 aromatic carbocycles. The standard InChI is InChI=1S/C20H16BrN.BrH/c21-11-10-14-8-9-17-16-6-2-1-5-15(16)13-18(17)20(14)19-7-3-4-12-22-19;/h1-9,12H,10-11,13H2;1H. The molecule has 23 heavy (non-hydrogen) atoms. The zero-order valence-corrected chi connectivity index (χ0v) is 15.9. The molecular formula is C20H17Br2N. The van der Waals surface area contributed by atoms with Crippen LogP contribution in [-0.2, 0) is 12.8 Å². The Morgan fingerprint density at radius 3 is 2.52 bits per heavy atom. The number of hydrogen-bond donors (Lipinski definition) is 0. The number of benzene rings is 2. The van der Waals surface area contributed by atoms with Crippen molar-refractivity contribution in [3.05, 3.63) is 77.5 Å². The highest BCUT2D eigenvalue weighted by atomic mass is 79.9. The van der Waals surface area contributed by atoms with E-state index < -0.39 is 0 Å². The minimum Gasteiger partial charge on any atom is -0.256 e. The average molecular weight is 431 g/mol. The number of rotatable bonds is 3. The molecule has 0 atom stereocenters. The van der Waals surface area contributed by atoms with Gasteiger partial charge in [-0.3, -0.25) is 4.98 Å². The predicted molar refractivity (Wildman–Crippen MR) is 106 cm³/mol. The van der Waals surface area contributed by atoms with Crippen LogP contribution in [0.4, 0.5) is 0 Å². The van der Waals surface area contributed by atoms with Crippen LogP contribution in [-0.4, -0.2) is 10.3 Å². The van der Waals surface area contributed by atoms with Gasteiger partial charge in [-0.15, -0.1) is 17.0 Å². The van der Waals surface area contributed by atoms with E-state index >= 15 is 0 Å². The molecule has 3 heteroatoms. The molecule has 3 aromatic rings. The highest BCUT2D eigenvalue weighted by molar-refractivity contribution is 9.09. The number of alkyl halides is 1. The van der Waals surface area contributed by atoms with Crippen LogP contribution in [0.25, 0.3) is 22.4 Å². The zero-order chi connectivity index (χ0) is 14.9. The third kappa shape index (κ3) is 2.88. The van der Waals surface area contributed by atoms with Gasteiger partial charge in [-0.1, -0.05) is 58.4 Å². The summed E-state index contributed by atoms with van der Waals surface area (Å²) in [5.41, 5.74) is 9.39.